The zero-order chi connectivity index (χ0) is 19.9. The molecule has 0 unspecified atom stereocenters. The van der Waals surface area contributed by atoms with Crippen LogP contribution in [0, 0.1) is 0 Å². The number of hydrogen-bond acceptors (Lipinski definition) is 5. The summed E-state index contributed by atoms with van der Waals surface area (Å²) in [5, 5.41) is 4.23. The summed E-state index contributed by atoms with van der Waals surface area (Å²) >= 11 is 1.65. The normalized spacial score (nSPS) is 11.1. The van der Waals surface area contributed by atoms with Crippen LogP contribution >= 0.6 is 11.3 Å². The molecule has 0 aliphatic heterocycles. The van der Waals surface area contributed by atoms with Gasteiger partial charge in [-0.1, -0.05) is 39.0 Å². The number of esters is 1. The summed E-state index contributed by atoms with van der Waals surface area (Å²) in [5.41, 5.74) is 1.48. The number of thiophene rings is 1. The van der Waals surface area contributed by atoms with Gasteiger partial charge in [0.15, 0.2) is 6.61 Å². The molecule has 1 aromatic heterocycles. The van der Waals surface area contributed by atoms with Crippen LogP contribution in [0.1, 0.15) is 54.4 Å². The number of amides is 2. The van der Waals surface area contributed by atoms with Gasteiger partial charge in [-0.3, -0.25) is 19.7 Å². The third kappa shape index (κ3) is 6.98. The molecular weight excluding hydrogens is 362 g/mol. The summed E-state index contributed by atoms with van der Waals surface area (Å²) in [6.07, 6.45) is 1.72. The molecule has 0 fully saturated rings. The molecule has 2 amide bonds. The average Bonchev–Trinajstić information content (AvgIpc) is 3.13. The van der Waals surface area contributed by atoms with Crippen molar-refractivity contribution in [1.29, 1.82) is 0 Å². The van der Waals surface area contributed by atoms with Gasteiger partial charge < -0.3 is 4.74 Å². The summed E-state index contributed by atoms with van der Waals surface area (Å²) in [4.78, 5) is 36.8. The molecule has 5 nitrogen and oxygen atoms in total. The molecule has 0 bridgehead atoms. The molecule has 0 radical (unpaired) electrons. The maximum atomic E-state index is 12.1. The molecule has 2 aromatic rings. The van der Waals surface area contributed by atoms with Crippen molar-refractivity contribution in [2.24, 2.45) is 0 Å². The smallest absolute Gasteiger partial charge is 0.306 e. The van der Waals surface area contributed by atoms with Crippen LogP contribution in [0.25, 0.3) is 0 Å². The molecular formula is C21H25NO4S. The highest BCUT2D eigenvalue weighted by Gasteiger charge is 2.16. The second kappa shape index (κ2) is 9.46. The lowest BCUT2D eigenvalue weighted by molar-refractivity contribution is -0.148. The van der Waals surface area contributed by atoms with Gasteiger partial charge in [-0.15, -0.1) is 11.3 Å². The van der Waals surface area contributed by atoms with Gasteiger partial charge in [0.25, 0.3) is 11.8 Å². The molecule has 6 heteroatoms. The number of nitrogens with one attached hydrogen (secondary N) is 1. The van der Waals surface area contributed by atoms with Crippen molar-refractivity contribution in [2.75, 3.05) is 6.61 Å². The van der Waals surface area contributed by atoms with Crippen molar-refractivity contribution < 1.29 is 19.1 Å². The number of imide groups is 1. The number of aryl methyl sites for hydroxylation is 1. The molecule has 0 spiro atoms. The number of hydrogen-bond donors (Lipinski definition) is 1. The summed E-state index contributed by atoms with van der Waals surface area (Å²) < 4.78 is 4.92. The lowest BCUT2D eigenvalue weighted by Crippen LogP contribution is -2.34. The highest BCUT2D eigenvalue weighted by Crippen LogP contribution is 2.22. The van der Waals surface area contributed by atoms with Crippen LogP contribution in [0.15, 0.2) is 41.8 Å². The molecule has 0 atom stereocenters. The first-order valence-electron chi connectivity index (χ1n) is 8.88. The fourth-order valence-electron chi connectivity index (χ4n) is 2.44. The van der Waals surface area contributed by atoms with Crippen molar-refractivity contribution in [3.63, 3.8) is 0 Å². The lowest BCUT2D eigenvalue weighted by Gasteiger charge is -2.18. The van der Waals surface area contributed by atoms with Crippen molar-refractivity contribution in [3.8, 4) is 0 Å². The van der Waals surface area contributed by atoms with Crippen LogP contribution in [0.2, 0.25) is 0 Å². The van der Waals surface area contributed by atoms with Gasteiger partial charge in [0.2, 0.25) is 0 Å². The lowest BCUT2D eigenvalue weighted by atomic mass is 9.87. The van der Waals surface area contributed by atoms with Gasteiger partial charge >= 0.3 is 5.97 Å². The second-order valence-corrected chi connectivity index (χ2v) is 8.33. The number of rotatable bonds is 7. The van der Waals surface area contributed by atoms with Crippen LogP contribution < -0.4 is 5.32 Å². The number of benzene rings is 1. The Hall–Kier alpha value is -2.47. The van der Waals surface area contributed by atoms with Crippen molar-refractivity contribution in [3.05, 3.63) is 57.8 Å². The molecule has 0 aliphatic carbocycles. The minimum absolute atomic E-state index is 0.0114. The molecule has 2 rings (SSSR count). The Bertz CT molecular complexity index is 774. The first kappa shape index (κ1) is 20.8. The Morgan fingerprint density at radius 1 is 1.07 bits per heavy atom. The third-order valence-corrected chi connectivity index (χ3v) is 4.95. The van der Waals surface area contributed by atoms with E-state index in [1.54, 1.807) is 23.5 Å². The van der Waals surface area contributed by atoms with Crippen molar-refractivity contribution >= 4 is 29.1 Å². The number of carbonyl (C=O) groups excluding carboxylic acids is 3. The minimum atomic E-state index is -0.633. The van der Waals surface area contributed by atoms with Gasteiger partial charge in [0, 0.05) is 16.9 Å². The monoisotopic (exact) mass is 387 g/mol. The summed E-state index contributed by atoms with van der Waals surface area (Å²) in [6, 6.07) is 11.1. The maximum Gasteiger partial charge on any atom is 0.306 e. The highest BCUT2D eigenvalue weighted by molar-refractivity contribution is 7.09. The van der Waals surface area contributed by atoms with Gasteiger partial charge in [-0.05, 0) is 47.4 Å². The zero-order valence-electron chi connectivity index (χ0n) is 15.9. The fourth-order valence-corrected chi connectivity index (χ4v) is 3.19. The summed E-state index contributed by atoms with van der Waals surface area (Å²) in [5.74, 6) is -1.58. The van der Waals surface area contributed by atoms with Crippen LogP contribution in [0.5, 0.6) is 0 Å². The SMILES string of the molecule is CC(C)(C)c1ccc(C(=O)NC(=O)COC(=O)CCCc2cccs2)cc1. The molecule has 0 saturated carbocycles. The Kier molecular flexibility index (Phi) is 7.30. The molecule has 27 heavy (non-hydrogen) atoms. The van der Waals surface area contributed by atoms with Gasteiger partial charge in [0.1, 0.15) is 0 Å². The Labute approximate surface area is 163 Å². The first-order valence-corrected chi connectivity index (χ1v) is 9.76. The Balaban J connectivity index is 1.71. The average molecular weight is 388 g/mol. The number of ether oxygens (including phenoxy) is 1. The predicted octanol–water partition coefficient (Wildman–Crippen LogP) is 3.87. The summed E-state index contributed by atoms with van der Waals surface area (Å²) in [7, 11) is 0. The van der Waals surface area contributed by atoms with E-state index in [0.29, 0.717) is 12.0 Å². The molecule has 1 N–H and O–H groups in total. The molecule has 0 saturated heterocycles. The van der Waals surface area contributed by atoms with Gasteiger partial charge in [0.05, 0.1) is 0 Å². The van der Waals surface area contributed by atoms with E-state index in [4.69, 9.17) is 4.74 Å². The van der Waals surface area contributed by atoms with E-state index in [1.165, 1.54) is 4.88 Å². The molecule has 1 heterocycles. The van der Waals surface area contributed by atoms with Crippen molar-refractivity contribution in [1.82, 2.24) is 5.32 Å². The maximum absolute atomic E-state index is 12.1. The molecule has 144 valence electrons. The predicted molar refractivity (Wildman–Crippen MR) is 106 cm³/mol. The van der Waals surface area contributed by atoms with Crippen LogP contribution in [-0.2, 0) is 26.2 Å². The summed E-state index contributed by atoms with van der Waals surface area (Å²) in [6.45, 7) is 5.80. The van der Waals surface area contributed by atoms with Gasteiger partial charge in [-0.2, -0.15) is 0 Å². The number of carbonyl (C=O) groups is 3. The first-order chi connectivity index (χ1) is 12.8. The van der Waals surface area contributed by atoms with Gasteiger partial charge in [-0.25, -0.2) is 0 Å². The van der Waals surface area contributed by atoms with E-state index in [0.717, 1.165) is 12.0 Å². The molecule has 1 aromatic carbocycles. The minimum Gasteiger partial charge on any atom is -0.456 e. The third-order valence-electron chi connectivity index (χ3n) is 4.01. The Morgan fingerprint density at radius 2 is 1.78 bits per heavy atom. The fraction of sp³-hybridized carbons (Fsp3) is 0.381. The standard InChI is InChI=1S/C21H25NO4S/c1-21(2,3)16-11-9-15(10-12-16)20(25)22-18(23)14-26-19(24)8-4-6-17-7-5-13-27-17/h5,7,9-13H,4,6,8,14H2,1-3H3,(H,22,23,25). The van der Waals surface area contributed by atoms with E-state index in [2.05, 4.69) is 26.1 Å². The van der Waals surface area contributed by atoms with E-state index in [-0.39, 0.29) is 11.8 Å². The largest absolute Gasteiger partial charge is 0.456 e. The van der Waals surface area contributed by atoms with Crippen molar-refractivity contribution in [2.45, 2.75) is 45.4 Å². The molecule has 0 aliphatic rings. The zero-order valence-corrected chi connectivity index (χ0v) is 16.7. The van der Waals surface area contributed by atoms with Crippen LogP contribution in [-0.4, -0.2) is 24.4 Å². The quantitative estimate of drug-likeness (QED) is 0.732. The topological polar surface area (TPSA) is 72.5 Å². The van der Waals surface area contributed by atoms with Crippen LogP contribution in [0.3, 0.4) is 0 Å². The van der Waals surface area contributed by atoms with Crippen LogP contribution in [0.4, 0.5) is 0 Å². The second-order valence-electron chi connectivity index (χ2n) is 7.30. The van der Waals surface area contributed by atoms with E-state index < -0.39 is 24.4 Å². The van der Waals surface area contributed by atoms with E-state index in [1.807, 2.05) is 29.6 Å². The highest BCUT2D eigenvalue weighted by atomic mass is 32.1. The van der Waals surface area contributed by atoms with E-state index >= 15 is 0 Å². The van der Waals surface area contributed by atoms with E-state index in [9.17, 15) is 14.4 Å². The Morgan fingerprint density at radius 3 is 2.37 bits per heavy atom.